The number of hydrogen-bond acceptors (Lipinski definition) is 3. The third-order valence-electron chi connectivity index (χ3n) is 4.10. The van der Waals surface area contributed by atoms with Gasteiger partial charge in [0.15, 0.2) is 0 Å². The number of fused-ring (bicyclic) bond motifs is 1. The third kappa shape index (κ3) is 4.45. The number of nitrogens with one attached hydrogen (secondary N) is 1. The molecule has 2 atom stereocenters. The molecule has 118 valence electrons. The van der Waals surface area contributed by atoms with Crippen LogP contribution in [0.1, 0.15) is 57.7 Å². The van der Waals surface area contributed by atoms with Crippen LogP contribution in [0.5, 0.6) is 5.75 Å². The molecule has 3 nitrogen and oxygen atoms in total. The maximum atomic E-state index is 10.4. The molecule has 0 aliphatic carbocycles. The second-order valence-electron chi connectivity index (χ2n) is 6.90. The molecule has 2 unspecified atom stereocenters. The molecule has 1 aromatic carbocycles. The van der Waals surface area contributed by atoms with Crippen molar-refractivity contribution in [2.75, 3.05) is 13.2 Å². The van der Waals surface area contributed by atoms with Crippen LogP contribution in [0.2, 0.25) is 0 Å². The van der Waals surface area contributed by atoms with Crippen LogP contribution >= 0.6 is 0 Å². The summed E-state index contributed by atoms with van der Waals surface area (Å²) in [4.78, 5) is 0. The van der Waals surface area contributed by atoms with Crippen molar-refractivity contribution in [2.24, 2.45) is 5.92 Å². The van der Waals surface area contributed by atoms with Crippen molar-refractivity contribution in [3.8, 4) is 5.75 Å². The molecule has 3 heteroatoms. The monoisotopic (exact) mass is 291 g/mol. The minimum Gasteiger partial charge on any atom is -0.493 e. The molecular formula is C18H29NO2. The van der Waals surface area contributed by atoms with Gasteiger partial charge in [-0.2, -0.15) is 0 Å². The number of ether oxygens (including phenoxy) is 1. The van der Waals surface area contributed by atoms with Gasteiger partial charge in [0.2, 0.25) is 0 Å². The summed E-state index contributed by atoms with van der Waals surface area (Å²) in [5, 5.41) is 14.0. The number of hydrogen-bond donors (Lipinski definition) is 2. The largest absolute Gasteiger partial charge is 0.493 e. The topological polar surface area (TPSA) is 41.5 Å². The van der Waals surface area contributed by atoms with Crippen molar-refractivity contribution in [1.29, 1.82) is 0 Å². The van der Waals surface area contributed by atoms with E-state index in [0.717, 1.165) is 31.6 Å². The molecule has 1 aliphatic heterocycles. The van der Waals surface area contributed by atoms with Gasteiger partial charge in [0.1, 0.15) is 5.75 Å². The number of aliphatic hydroxyl groups is 1. The number of benzene rings is 1. The second-order valence-corrected chi connectivity index (χ2v) is 6.90. The van der Waals surface area contributed by atoms with E-state index in [9.17, 15) is 5.11 Å². The highest BCUT2D eigenvalue weighted by molar-refractivity contribution is 5.40. The van der Waals surface area contributed by atoms with Crippen molar-refractivity contribution >= 4 is 0 Å². The molecule has 2 N–H and O–H groups in total. The Morgan fingerprint density at radius 1 is 1.38 bits per heavy atom. The molecule has 21 heavy (non-hydrogen) atoms. The highest BCUT2D eigenvalue weighted by Crippen LogP contribution is 2.29. The van der Waals surface area contributed by atoms with Gasteiger partial charge in [-0.3, -0.25) is 0 Å². The fourth-order valence-electron chi connectivity index (χ4n) is 3.22. The zero-order valence-corrected chi connectivity index (χ0v) is 13.8. The molecule has 0 bridgehead atoms. The van der Waals surface area contributed by atoms with Crippen molar-refractivity contribution in [1.82, 2.24) is 5.32 Å². The smallest absolute Gasteiger partial charge is 0.122 e. The van der Waals surface area contributed by atoms with Gasteiger partial charge >= 0.3 is 0 Å². The van der Waals surface area contributed by atoms with E-state index in [-0.39, 0.29) is 6.04 Å². The van der Waals surface area contributed by atoms with Gasteiger partial charge in [0, 0.05) is 19.0 Å². The normalized spacial score (nSPS) is 18.2. The quantitative estimate of drug-likeness (QED) is 0.808. The maximum absolute atomic E-state index is 10.4. The summed E-state index contributed by atoms with van der Waals surface area (Å²) in [6.45, 7) is 9.81. The fourth-order valence-corrected chi connectivity index (χ4v) is 3.22. The first-order chi connectivity index (χ1) is 9.91. The Hall–Kier alpha value is -1.06. The summed E-state index contributed by atoms with van der Waals surface area (Å²) in [6.07, 6.45) is 2.83. The molecule has 0 saturated carbocycles. The third-order valence-corrected chi connectivity index (χ3v) is 4.10. The summed E-state index contributed by atoms with van der Waals surface area (Å²) in [6, 6.07) is 6.76. The van der Waals surface area contributed by atoms with E-state index in [1.165, 1.54) is 11.1 Å². The first-order valence-electron chi connectivity index (χ1n) is 8.12. The zero-order chi connectivity index (χ0) is 15.5. The summed E-state index contributed by atoms with van der Waals surface area (Å²) in [5.74, 6) is 1.53. The average molecular weight is 291 g/mol. The molecular weight excluding hydrogens is 262 g/mol. The summed E-state index contributed by atoms with van der Waals surface area (Å²) in [5.41, 5.74) is 1.95. The molecule has 2 rings (SSSR count). The predicted molar refractivity (Wildman–Crippen MR) is 86.8 cm³/mol. The lowest BCUT2D eigenvalue weighted by atomic mass is 9.93. The molecule has 0 spiro atoms. The Labute approximate surface area is 128 Å². The Balaban J connectivity index is 2.00. The SMILES string of the molecule is CCC(NCC(C)(O)CC(C)C)c1ccc2c(c1)CCO2. The fraction of sp³-hybridized carbons (Fsp3) is 0.667. The van der Waals surface area contributed by atoms with Crippen LogP contribution in [-0.4, -0.2) is 23.9 Å². The summed E-state index contributed by atoms with van der Waals surface area (Å²) in [7, 11) is 0. The standard InChI is InChI=1S/C18H29NO2/c1-5-16(19-12-18(4,20)11-13(2)3)14-6-7-17-15(10-14)8-9-21-17/h6-7,10,13,16,19-20H,5,8-9,11-12H2,1-4H3. The average Bonchev–Trinajstić information content (AvgIpc) is 2.85. The highest BCUT2D eigenvalue weighted by Gasteiger charge is 2.23. The Bertz CT molecular complexity index is 468. The predicted octanol–water partition coefficient (Wildman–Crippen LogP) is 3.46. The van der Waals surface area contributed by atoms with Gasteiger partial charge in [-0.25, -0.2) is 0 Å². The first kappa shape index (κ1) is 16.3. The maximum Gasteiger partial charge on any atom is 0.122 e. The van der Waals surface area contributed by atoms with E-state index in [1.54, 1.807) is 0 Å². The van der Waals surface area contributed by atoms with Crippen LogP contribution in [0, 0.1) is 5.92 Å². The molecule has 0 saturated heterocycles. The lowest BCUT2D eigenvalue weighted by molar-refractivity contribution is 0.0357. The molecule has 0 fully saturated rings. The van der Waals surface area contributed by atoms with Crippen LogP contribution in [0.25, 0.3) is 0 Å². The van der Waals surface area contributed by atoms with Gasteiger partial charge in [0.05, 0.1) is 12.2 Å². The molecule has 0 aromatic heterocycles. The van der Waals surface area contributed by atoms with Crippen LogP contribution < -0.4 is 10.1 Å². The molecule has 0 amide bonds. The van der Waals surface area contributed by atoms with E-state index >= 15 is 0 Å². The van der Waals surface area contributed by atoms with Gasteiger partial charge in [-0.1, -0.05) is 32.9 Å². The van der Waals surface area contributed by atoms with E-state index in [1.807, 2.05) is 6.92 Å². The van der Waals surface area contributed by atoms with Gasteiger partial charge < -0.3 is 15.2 Å². The van der Waals surface area contributed by atoms with E-state index in [4.69, 9.17) is 4.74 Å². The minimum atomic E-state index is -0.651. The van der Waals surface area contributed by atoms with E-state index in [2.05, 4.69) is 44.3 Å². The van der Waals surface area contributed by atoms with Crippen LogP contribution in [0.4, 0.5) is 0 Å². The Morgan fingerprint density at radius 2 is 2.14 bits per heavy atom. The lowest BCUT2D eigenvalue weighted by Gasteiger charge is -2.28. The van der Waals surface area contributed by atoms with Crippen molar-refractivity contribution in [2.45, 2.75) is 58.6 Å². The van der Waals surface area contributed by atoms with Crippen molar-refractivity contribution < 1.29 is 9.84 Å². The molecule has 1 aromatic rings. The van der Waals surface area contributed by atoms with Gasteiger partial charge in [-0.05, 0) is 42.9 Å². The second kappa shape index (κ2) is 6.80. The van der Waals surface area contributed by atoms with Crippen LogP contribution in [-0.2, 0) is 6.42 Å². The van der Waals surface area contributed by atoms with Crippen molar-refractivity contribution in [3.63, 3.8) is 0 Å². The molecule has 1 heterocycles. The number of rotatable bonds is 7. The van der Waals surface area contributed by atoms with Crippen LogP contribution in [0.3, 0.4) is 0 Å². The highest BCUT2D eigenvalue weighted by atomic mass is 16.5. The van der Waals surface area contributed by atoms with Gasteiger partial charge in [-0.15, -0.1) is 0 Å². The molecule has 1 aliphatic rings. The summed E-state index contributed by atoms with van der Waals surface area (Å²) < 4.78 is 5.56. The van der Waals surface area contributed by atoms with Gasteiger partial charge in [0.25, 0.3) is 0 Å². The Morgan fingerprint density at radius 3 is 2.81 bits per heavy atom. The molecule has 0 radical (unpaired) electrons. The van der Waals surface area contributed by atoms with E-state index in [0.29, 0.717) is 12.5 Å². The van der Waals surface area contributed by atoms with Crippen molar-refractivity contribution in [3.05, 3.63) is 29.3 Å². The zero-order valence-electron chi connectivity index (χ0n) is 13.8. The Kier molecular flexibility index (Phi) is 5.28. The minimum absolute atomic E-state index is 0.287. The first-order valence-corrected chi connectivity index (χ1v) is 8.12. The summed E-state index contributed by atoms with van der Waals surface area (Å²) >= 11 is 0. The lowest BCUT2D eigenvalue weighted by Crippen LogP contribution is -2.40. The van der Waals surface area contributed by atoms with Crippen LogP contribution in [0.15, 0.2) is 18.2 Å². The van der Waals surface area contributed by atoms with E-state index < -0.39 is 5.60 Å².